The van der Waals surface area contributed by atoms with Crippen LogP contribution in [0.5, 0.6) is 0 Å². The van der Waals surface area contributed by atoms with Crippen molar-refractivity contribution < 1.29 is 13.2 Å². The van der Waals surface area contributed by atoms with Crippen LogP contribution < -0.4 is 10.5 Å². The van der Waals surface area contributed by atoms with E-state index in [4.69, 9.17) is 5.14 Å². The highest BCUT2D eigenvalue weighted by molar-refractivity contribution is 7.89. The summed E-state index contributed by atoms with van der Waals surface area (Å²) in [5, 5.41) is 8.18. The van der Waals surface area contributed by atoms with Crippen LogP contribution in [0.3, 0.4) is 0 Å². The summed E-state index contributed by atoms with van der Waals surface area (Å²) < 4.78 is 23.6. The first-order valence-electron chi connectivity index (χ1n) is 10.4. The highest BCUT2D eigenvalue weighted by Gasteiger charge is 2.17. The molecular weight excluding hydrogens is 442 g/mol. The molecule has 0 unspecified atom stereocenters. The van der Waals surface area contributed by atoms with E-state index in [1.54, 1.807) is 18.3 Å². The number of carbonyl (C=O) groups excluding carboxylic acids is 1. The van der Waals surface area contributed by atoms with Crippen LogP contribution >= 0.6 is 11.3 Å². The Balaban J connectivity index is 1.74. The minimum atomic E-state index is -3.86. The molecule has 6 nitrogen and oxygen atoms in total. The molecule has 1 amide bonds. The second-order valence-electron chi connectivity index (χ2n) is 7.96. The Morgan fingerprint density at radius 3 is 2.41 bits per heavy atom. The van der Waals surface area contributed by atoms with E-state index in [9.17, 15) is 13.2 Å². The molecule has 0 radical (unpaired) electrons. The highest BCUT2D eigenvalue weighted by atomic mass is 32.2. The van der Waals surface area contributed by atoms with Crippen LogP contribution in [0.25, 0.3) is 0 Å². The molecule has 0 fully saturated rings. The number of aryl methyl sites for hydroxylation is 2. The van der Waals surface area contributed by atoms with E-state index in [1.807, 2.05) is 25.1 Å². The molecule has 0 saturated heterocycles. The first-order chi connectivity index (χ1) is 15.1. The van der Waals surface area contributed by atoms with E-state index in [0.717, 1.165) is 24.1 Å². The summed E-state index contributed by atoms with van der Waals surface area (Å²) in [6.07, 6.45) is 0.831. The van der Waals surface area contributed by atoms with Crippen molar-refractivity contribution in [3.05, 3.63) is 81.0 Å². The van der Waals surface area contributed by atoms with Gasteiger partial charge in [0.1, 0.15) is 0 Å². The maximum atomic E-state index is 12.9. The zero-order valence-electron chi connectivity index (χ0n) is 18.6. The third-order valence-corrected chi connectivity index (χ3v) is 7.22. The van der Waals surface area contributed by atoms with E-state index in [2.05, 4.69) is 41.4 Å². The Bertz CT molecular complexity index is 1190. The van der Waals surface area contributed by atoms with Gasteiger partial charge >= 0.3 is 0 Å². The van der Waals surface area contributed by atoms with Gasteiger partial charge in [0.05, 0.1) is 11.4 Å². The molecule has 0 aliphatic heterocycles. The summed E-state index contributed by atoms with van der Waals surface area (Å²) in [7, 11) is -3.86. The Morgan fingerprint density at radius 1 is 1.06 bits per heavy atom. The zero-order chi connectivity index (χ0) is 23.3. The van der Waals surface area contributed by atoms with Crippen molar-refractivity contribution >= 4 is 33.0 Å². The number of sulfonamides is 1. The number of rotatable bonds is 9. The number of nitrogens with one attached hydrogen (secondary N) is 1. The average Bonchev–Trinajstić information content (AvgIpc) is 3.14. The topological polar surface area (TPSA) is 92.5 Å². The molecule has 1 heterocycles. The summed E-state index contributed by atoms with van der Waals surface area (Å²) in [6, 6.07) is 17.3. The zero-order valence-corrected chi connectivity index (χ0v) is 20.2. The Kier molecular flexibility index (Phi) is 7.84. The predicted octanol–water partition coefficient (Wildman–Crippen LogP) is 4.00. The molecular formula is C24H29N3O3S2. The van der Waals surface area contributed by atoms with Crippen molar-refractivity contribution in [2.75, 3.05) is 18.4 Å². The molecule has 3 aromatic rings. The van der Waals surface area contributed by atoms with Crippen LogP contribution in [0.4, 0.5) is 5.69 Å². The normalized spacial score (nSPS) is 11.7. The van der Waals surface area contributed by atoms with Crippen molar-refractivity contribution in [2.24, 2.45) is 5.14 Å². The molecule has 8 heteroatoms. The van der Waals surface area contributed by atoms with Crippen molar-refractivity contribution in [3.8, 4) is 0 Å². The molecule has 0 spiro atoms. The molecule has 0 atom stereocenters. The number of carbonyl (C=O) groups is 1. The minimum Gasteiger partial charge on any atom is -0.325 e. The molecule has 3 rings (SSSR count). The largest absolute Gasteiger partial charge is 0.325 e. The van der Waals surface area contributed by atoms with Gasteiger partial charge in [0, 0.05) is 28.5 Å². The highest BCUT2D eigenvalue weighted by Crippen LogP contribution is 2.24. The number of hydrogen-bond donors (Lipinski definition) is 2. The second kappa shape index (κ2) is 10.4. The van der Waals surface area contributed by atoms with Crippen molar-refractivity contribution in [3.63, 3.8) is 0 Å². The standard InChI is InChI=1S/C24H29N3O3S2/c1-17-13-22(32(25,29)30)14-23(19(17)3)26-24(28)16-27(15-21-10-9-18(2)31-21)12-11-20-7-5-4-6-8-20/h4-10,13-14H,11-12,15-16H2,1-3H3,(H,26,28)(H2,25,29,30). The van der Waals surface area contributed by atoms with Gasteiger partial charge in [-0.2, -0.15) is 0 Å². The lowest BCUT2D eigenvalue weighted by atomic mass is 10.1. The third-order valence-electron chi connectivity index (χ3n) is 5.35. The third kappa shape index (κ3) is 6.74. The van der Waals surface area contributed by atoms with Crippen LogP contribution in [-0.4, -0.2) is 32.3 Å². The number of nitrogens with zero attached hydrogens (tertiary/aromatic N) is 1. The number of thiophene rings is 1. The summed E-state index contributed by atoms with van der Waals surface area (Å²) in [6.45, 7) is 7.31. The molecule has 0 bridgehead atoms. The van der Waals surface area contributed by atoms with Crippen LogP contribution in [0.15, 0.2) is 59.5 Å². The van der Waals surface area contributed by atoms with Crippen LogP contribution in [-0.2, 0) is 27.8 Å². The molecule has 3 N–H and O–H groups in total. The summed E-state index contributed by atoms with van der Waals surface area (Å²) in [5.74, 6) is -0.194. The predicted molar refractivity (Wildman–Crippen MR) is 130 cm³/mol. The second-order valence-corrected chi connectivity index (χ2v) is 10.9. The SMILES string of the molecule is Cc1ccc(CN(CCc2ccccc2)CC(=O)Nc2cc(S(N)(=O)=O)cc(C)c2C)s1. The van der Waals surface area contributed by atoms with Crippen LogP contribution in [0, 0.1) is 20.8 Å². The van der Waals surface area contributed by atoms with Gasteiger partial charge in [-0.3, -0.25) is 9.69 Å². The fourth-order valence-electron chi connectivity index (χ4n) is 3.45. The van der Waals surface area contributed by atoms with Gasteiger partial charge in [0.2, 0.25) is 15.9 Å². The van der Waals surface area contributed by atoms with Crippen molar-refractivity contribution in [1.82, 2.24) is 4.90 Å². The quantitative estimate of drug-likeness (QED) is 0.493. The maximum absolute atomic E-state index is 12.9. The molecule has 0 aliphatic rings. The van der Waals surface area contributed by atoms with Gasteiger partial charge in [0.15, 0.2) is 0 Å². The Morgan fingerprint density at radius 2 is 1.78 bits per heavy atom. The van der Waals surface area contributed by atoms with Gasteiger partial charge in [0.25, 0.3) is 0 Å². The van der Waals surface area contributed by atoms with Gasteiger partial charge in [-0.1, -0.05) is 30.3 Å². The van der Waals surface area contributed by atoms with E-state index in [1.165, 1.54) is 27.5 Å². The number of primary sulfonamides is 1. The first kappa shape index (κ1) is 24.1. The lowest BCUT2D eigenvalue weighted by Gasteiger charge is -2.22. The van der Waals surface area contributed by atoms with Crippen molar-refractivity contribution in [1.29, 1.82) is 0 Å². The minimum absolute atomic E-state index is 0.00843. The van der Waals surface area contributed by atoms with Crippen molar-refractivity contribution in [2.45, 2.75) is 38.6 Å². The summed E-state index contributed by atoms with van der Waals surface area (Å²) >= 11 is 1.72. The average molecular weight is 472 g/mol. The fourth-order valence-corrected chi connectivity index (χ4v) is 5.01. The van der Waals surface area contributed by atoms with E-state index in [-0.39, 0.29) is 17.3 Å². The first-order valence-corrected chi connectivity index (χ1v) is 12.7. The van der Waals surface area contributed by atoms with Gasteiger partial charge < -0.3 is 5.32 Å². The number of nitrogens with two attached hydrogens (primary N) is 1. The maximum Gasteiger partial charge on any atom is 0.238 e. The number of amides is 1. The molecule has 32 heavy (non-hydrogen) atoms. The molecule has 170 valence electrons. The van der Waals surface area contributed by atoms with Gasteiger partial charge in [-0.25, -0.2) is 13.6 Å². The van der Waals surface area contributed by atoms with Gasteiger partial charge in [-0.05, 0) is 68.1 Å². The fraction of sp³-hybridized carbons (Fsp3) is 0.292. The van der Waals surface area contributed by atoms with E-state index >= 15 is 0 Å². The molecule has 0 saturated carbocycles. The Hall–Kier alpha value is -2.52. The monoisotopic (exact) mass is 471 g/mol. The van der Waals surface area contributed by atoms with Gasteiger partial charge in [-0.15, -0.1) is 11.3 Å². The smallest absolute Gasteiger partial charge is 0.238 e. The Labute approximate surface area is 194 Å². The lowest BCUT2D eigenvalue weighted by Crippen LogP contribution is -2.34. The number of benzene rings is 2. The number of anilines is 1. The van der Waals surface area contributed by atoms with Crippen LogP contribution in [0.2, 0.25) is 0 Å². The lowest BCUT2D eigenvalue weighted by molar-refractivity contribution is -0.117. The van der Waals surface area contributed by atoms with E-state index < -0.39 is 10.0 Å². The van der Waals surface area contributed by atoms with Crippen LogP contribution in [0.1, 0.15) is 26.4 Å². The number of hydrogen-bond acceptors (Lipinski definition) is 5. The summed E-state index contributed by atoms with van der Waals surface area (Å²) in [4.78, 5) is 17.5. The molecule has 0 aliphatic carbocycles. The van der Waals surface area contributed by atoms with E-state index in [0.29, 0.717) is 12.2 Å². The molecule has 1 aromatic heterocycles. The summed E-state index contributed by atoms with van der Waals surface area (Å²) in [5.41, 5.74) is 3.25. The molecule has 2 aromatic carbocycles.